The highest BCUT2D eigenvalue weighted by Crippen LogP contribution is 2.20. The van der Waals surface area contributed by atoms with E-state index in [9.17, 15) is 4.79 Å². The summed E-state index contributed by atoms with van der Waals surface area (Å²) in [6.07, 6.45) is 0. The first-order chi connectivity index (χ1) is 11.8. The highest BCUT2D eigenvalue weighted by Gasteiger charge is 2.25. The Morgan fingerprint density at radius 1 is 1.16 bits per heavy atom. The predicted octanol–water partition coefficient (Wildman–Crippen LogP) is -0.277. The molecule has 0 bridgehead atoms. The van der Waals surface area contributed by atoms with Crippen LogP contribution in [0.5, 0.6) is 0 Å². The lowest BCUT2D eigenvalue weighted by Gasteiger charge is -2.37. The Hall–Kier alpha value is -2.00. The van der Waals surface area contributed by atoms with Crippen molar-refractivity contribution in [2.45, 2.75) is 32.9 Å². The minimum Gasteiger partial charge on any atom is -0.368 e. The number of rotatable bonds is 6. The summed E-state index contributed by atoms with van der Waals surface area (Å²) in [6, 6.07) is 0.227. The maximum Gasteiger partial charge on any atom is 0.234 e. The van der Waals surface area contributed by atoms with Crippen LogP contribution >= 0.6 is 0 Å². The quantitative estimate of drug-likeness (QED) is 0.722. The molecule has 140 valence electrons. The molecule has 25 heavy (non-hydrogen) atoms. The molecule has 1 fully saturated rings. The van der Waals surface area contributed by atoms with Gasteiger partial charge in [0.25, 0.3) is 0 Å². The topological polar surface area (TPSA) is 104 Å². The highest BCUT2D eigenvalue weighted by atomic mass is 16.2. The number of anilines is 2. The van der Waals surface area contributed by atoms with Gasteiger partial charge < -0.3 is 16.0 Å². The second kappa shape index (κ2) is 8.39. The molecule has 2 heterocycles. The molecule has 0 spiro atoms. The average molecular weight is 350 g/mol. The molecule has 1 unspecified atom stereocenters. The van der Waals surface area contributed by atoms with Crippen LogP contribution in [0.4, 0.5) is 11.9 Å². The fourth-order valence-electron chi connectivity index (χ4n) is 2.83. The van der Waals surface area contributed by atoms with Crippen molar-refractivity contribution in [3.8, 4) is 0 Å². The third kappa shape index (κ3) is 5.50. The first kappa shape index (κ1) is 19.3. The molecule has 1 amide bonds. The third-order valence-electron chi connectivity index (χ3n) is 4.20. The van der Waals surface area contributed by atoms with Gasteiger partial charge in [-0.1, -0.05) is 0 Å². The Morgan fingerprint density at radius 3 is 2.36 bits per heavy atom. The van der Waals surface area contributed by atoms with Crippen LogP contribution in [0.2, 0.25) is 0 Å². The fourth-order valence-corrected chi connectivity index (χ4v) is 2.83. The first-order valence-corrected chi connectivity index (χ1v) is 8.70. The summed E-state index contributed by atoms with van der Waals surface area (Å²) >= 11 is 0. The lowest BCUT2D eigenvalue weighted by Crippen LogP contribution is -2.50. The van der Waals surface area contributed by atoms with Crippen LogP contribution in [0.3, 0.4) is 0 Å². The molecule has 0 saturated carbocycles. The fraction of sp³-hybridized carbons (Fsp3) is 0.750. The Bertz CT molecular complexity index is 583. The van der Waals surface area contributed by atoms with Crippen molar-refractivity contribution < 1.29 is 4.79 Å². The van der Waals surface area contributed by atoms with Crippen molar-refractivity contribution in [3.63, 3.8) is 0 Å². The second-order valence-electron chi connectivity index (χ2n) is 6.96. The molecule has 3 N–H and O–H groups in total. The van der Waals surface area contributed by atoms with Gasteiger partial charge in [-0.2, -0.15) is 15.0 Å². The van der Waals surface area contributed by atoms with E-state index in [1.54, 1.807) is 0 Å². The molecule has 1 aromatic rings. The predicted molar refractivity (Wildman–Crippen MR) is 98.3 cm³/mol. The summed E-state index contributed by atoms with van der Waals surface area (Å²) in [4.78, 5) is 31.1. The van der Waals surface area contributed by atoms with E-state index in [2.05, 4.69) is 37.0 Å². The lowest BCUT2D eigenvalue weighted by molar-refractivity contribution is -0.123. The van der Waals surface area contributed by atoms with Gasteiger partial charge in [0.05, 0.1) is 12.6 Å². The first-order valence-electron chi connectivity index (χ1n) is 8.70. The van der Waals surface area contributed by atoms with Gasteiger partial charge in [-0.15, -0.1) is 0 Å². The van der Waals surface area contributed by atoms with Crippen molar-refractivity contribution in [1.82, 2.24) is 30.1 Å². The summed E-state index contributed by atoms with van der Waals surface area (Å²) < 4.78 is 0. The summed E-state index contributed by atoms with van der Waals surface area (Å²) in [6.45, 7) is 9.88. The van der Waals surface area contributed by atoms with Crippen LogP contribution in [-0.4, -0.2) is 83.5 Å². The zero-order valence-corrected chi connectivity index (χ0v) is 15.9. The van der Waals surface area contributed by atoms with E-state index < -0.39 is 0 Å². The third-order valence-corrected chi connectivity index (χ3v) is 4.20. The number of amides is 1. The normalized spacial score (nSPS) is 17.5. The molecule has 9 nitrogen and oxygen atoms in total. The number of nitrogens with two attached hydrogens (primary N) is 1. The number of carbonyl (C=O) groups excluding carboxylic acids is 1. The molecule has 2 rings (SSSR count). The molecule has 9 heteroatoms. The number of hydrogen-bond donors (Lipinski definition) is 2. The molecule has 0 aromatic carbocycles. The van der Waals surface area contributed by atoms with E-state index in [1.165, 1.54) is 0 Å². The van der Waals surface area contributed by atoms with Crippen LogP contribution in [-0.2, 0) is 4.79 Å². The van der Waals surface area contributed by atoms with E-state index in [0.29, 0.717) is 18.3 Å². The van der Waals surface area contributed by atoms with Crippen LogP contribution in [0, 0.1) is 0 Å². The van der Waals surface area contributed by atoms with Gasteiger partial charge in [0.15, 0.2) is 5.82 Å². The largest absolute Gasteiger partial charge is 0.368 e. The van der Waals surface area contributed by atoms with Crippen molar-refractivity contribution in [2.75, 3.05) is 57.5 Å². The van der Waals surface area contributed by atoms with Gasteiger partial charge in [0.2, 0.25) is 17.8 Å². The summed E-state index contributed by atoms with van der Waals surface area (Å²) in [7, 11) is 3.76. The maximum absolute atomic E-state index is 11.9. The zero-order chi connectivity index (χ0) is 18.6. The average Bonchev–Trinajstić information content (AvgIpc) is 2.53. The van der Waals surface area contributed by atoms with Crippen molar-refractivity contribution in [2.24, 2.45) is 0 Å². The van der Waals surface area contributed by atoms with Gasteiger partial charge in [-0.05, 0) is 20.8 Å². The van der Waals surface area contributed by atoms with Crippen LogP contribution in [0.15, 0.2) is 0 Å². The van der Waals surface area contributed by atoms with Gasteiger partial charge in [-0.25, -0.2) is 0 Å². The number of nitrogens with zero attached hydrogens (tertiary/aromatic N) is 6. The molecular weight excluding hydrogens is 320 g/mol. The lowest BCUT2D eigenvalue weighted by atomic mass is 10.2. The Labute approximate surface area is 149 Å². The summed E-state index contributed by atoms with van der Waals surface area (Å²) in [5.41, 5.74) is 5.82. The van der Waals surface area contributed by atoms with E-state index in [4.69, 9.17) is 5.73 Å². The smallest absolute Gasteiger partial charge is 0.234 e. The maximum atomic E-state index is 11.9. The molecule has 1 aliphatic heterocycles. The molecular formula is C16H30N8O. The number of nitrogen functional groups attached to an aromatic ring is 1. The summed E-state index contributed by atoms with van der Waals surface area (Å²) in [5, 5.41) is 2.93. The molecule has 1 aliphatic rings. The Morgan fingerprint density at radius 2 is 1.80 bits per heavy atom. The van der Waals surface area contributed by atoms with Crippen molar-refractivity contribution in [3.05, 3.63) is 5.82 Å². The van der Waals surface area contributed by atoms with E-state index in [1.807, 2.05) is 32.8 Å². The van der Waals surface area contributed by atoms with Crippen LogP contribution in [0.1, 0.15) is 32.6 Å². The van der Waals surface area contributed by atoms with Crippen molar-refractivity contribution >= 4 is 17.8 Å². The van der Waals surface area contributed by atoms with Gasteiger partial charge in [0, 0.05) is 46.3 Å². The van der Waals surface area contributed by atoms with Gasteiger partial charge >= 0.3 is 0 Å². The van der Waals surface area contributed by atoms with Crippen LogP contribution < -0.4 is 16.0 Å². The molecule has 1 atom stereocenters. The standard InChI is InChI=1S/C16H30N8O/c1-11(2)18-13(25)10-23-6-8-24(9-7-23)12(3)14-19-15(17)21-16(20-14)22(4)5/h11-12H,6-10H2,1-5H3,(H,18,25)(H2,17,19,20,21). The minimum atomic E-state index is 0.0515. The van der Waals surface area contributed by atoms with Gasteiger partial charge in [0.1, 0.15) is 0 Å². The molecule has 1 saturated heterocycles. The number of nitrogens with one attached hydrogen (secondary N) is 1. The van der Waals surface area contributed by atoms with Crippen LogP contribution in [0.25, 0.3) is 0 Å². The van der Waals surface area contributed by atoms with Gasteiger partial charge in [-0.3, -0.25) is 14.6 Å². The number of piperazine rings is 1. The van der Waals surface area contributed by atoms with E-state index in [-0.39, 0.29) is 23.9 Å². The zero-order valence-electron chi connectivity index (χ0n) is 15.9. The molecule has 0 radical (unpaired) electrons. The monoisotopic (exact) mass is 350 g/mol. The highest BCUT2D eigenvalue weighted by molar-refractivity contribution is 5.78. The number of carbonyl (C=O) groups is 1. The molecule has 1 aromatic heterocycles. The summed E-state index contributed by atoms with van der Waals surface area (Å²) in [5.74, 6) is 1.57. The minimum absolute atomic E-state index is 0.0515. The number of aromatic nitrogens is 3. The van der Waals surface area contributed by atoms with E-state index >= 15 is 0 Å². The number of hydrogen-bond acceptors (Lipinski definition) is 8. The van der Waals surface area contributed by atoms with Crippen molar-refractivity contribution in [1.29, 1.82) is 0 Å². The SMILES string of the molecule is CC(C)NC(=O)CN1CCN(C(C)c2nc(N)nc(N(C)C)n2)CC1. The Balaban J connectivity index is 1.93. The molecule has 0 aliphatic carbocycles. The van der Waals surface area contributed by atoms with E-state index in [0.717, 1.165) is 26.2 Å². The Kier molecular flexibility index (Phi) is 6.49. The second-order valence-corrected chi connectivity index (χ2v) is 6.96.